The molecule has 0 unspecified atom stereocenters. The molecule has 3 aromatic carbocycles. The number of sulfone groups is 1. The molecule has 204 valence electrons. The number of aryl methyl sites for hydroxylation is 1. The third kappa shape index (κ3) is 5.85. The number of hydrogen-bond acceptors (Lipinski definition) is 4. The van der Waals surface area contributed by atoms with Crippen LogP contribution in [0.15, 0.2) is 77.7 Å². The molecule has 0 aliphatic heterocycles. The number of benzene rings is 3. The Morgan fingerprint density at radius 3 is 2.26 bits per heavy atom. The van der Waals surface area contributed by atoms with E-state index < -0.39 is 27.5 Å². The molecule has 0 saturated carbocycles. The number of rotatable bonds is 7. The van der Waals surface area contributed by atoms with E-state index in [9.17, 15) is 26.4 Å². The molecule has 10 heteroatoms. The zero-order valence-electron chi connectivity index (χ0n) is 21.8. The van der Waals surface area contributed by atoms with Gasteiger partial charge in [0.1, 0.15) is 5.75 Å². The predicted octanol–water partition coefficient (Wildman–Crippen LogP) is 6.83. The second-order valence-corrected chi connectivity index (χ2v) is 11.0. The lowest BCUT2D eigenvalue weighted by molar-refractivity contribution is -0.137. The molecule has 0 aliphatic rings. The molecule has 4 aromatic rings. The Kier molecular flexibility index (Phi) is 7.61. The van der Waals surface area contributed by atoms with Crippen molar-refractivity contribution < 1.29 is 31.1 Å². The number of para-hydroxylation sites is 1. The number of alkyl halides is 3. The first kappa shape index (κ1) is 28.0. The van der Waals surface area contributed by atoms with Crippen molar-refractivity contribution in [1.29, 1.82) is 0 Å². The Morgan fingerprint density at radius 2 is 1.64 bits per heavy atom. The Labute approximate surface area is 225 Å². The lowest BCUT2D eigenvalue weighted by Gasteiger charge is -2.19. The van der Waals surface area contributed by atoms with E-state index in [0.29, 0.717) is 40.6 Å². The van der Waals surface area contributed by atoms with E-state index in [-0.39, 0.29) is 16.1 Å². The van der Waals surface area contributed by atoms with Crippen molar-refractivity contribution in [2.45, 2.75) is 31.8 Å². The van der Waals surface area contributed by atoms with Crippen molar-refractivity contribution in [3.05, 3.63) is 95.3 Å². The Balaban J connectivity index is 1.74. The molecule has 4 rings (SSSR count). The van der Waals surface area contributed by atoms with Gasteiger partial charge >= 0.3 is 6.18 Å². The van der Waals surface area contributed by atoms with E-state index in [1.54, 1.807) is 51.1 Å². The van der Waals surface area contributed by atoms with Gasteiger partial charge in [0.25, 0.3) is 5.91 Å². The molecule has 6 nitrogen and oxygen atoms in total. The molecule has 39 heavy (non-hydrogen) atoms. The minimum absolute atomic E-state index is 0.102. The summed E-state index contributed by atoms with van der Waals surface area (Å²) < 4.78 is 73.4. The summed E-state index contributed by atoms with van der Waals surface area (Å²) in [6, 6.07) is 18.2. The number of ether oxygens (including phenoxy) is 1. The van der Waals surface area contributed by atoms with Crippen LogP contribution in [-0.4, -0.2) is 31.8 Å². The molecule has 0 spiro atoms. The second kappa shape index (κ2) is 10.6. The van der Waals surface area contributed by atoms with E-state index in [4.69, 9.17) is 4.74 Å². The first-order valence-electron chi connectivity index (χ1n) is 12.1. The molecule has 0 aliphatic carbocycles. The summed E-state index contributed by atoms with van der Waals surface area (Å²) in [5, 5.41) is 2.68. The minimum Gasteiger partial charge on any atom is -0.493 e. The number of hydrogen-bond donors (Lipinski definition) is 1. The quantitative estimate of drug-likeness (QED) is 0.271. The van der Waals surface area contributed by atoms with Crippen LogP contribution in [0.4, 0.5) is 18.9 Å². The third-order valence-corrected chi connectivity index (χ3v) is 7.39. The number of amides is 1. The summed E-state index contributed by atoms with van der Waals surface area (Å²) in [4.78, 5) is 13.2. The highest BCUT2D eigenvalue weighted by Gasteiger charge is 2.35. The normalized spacial score (nSPS) is 11.9. The Hall–Kier alpha value is -4.05. The fourth-order valence-corrected chi connectivity index (χ4v) is 5.09. The summed E-state index contributed by atoms with van der Waals surface area (Å²) in [7, 11) is -3.40. The predicted molar refractivity (Wildman–Crippen MR) is 144 cm³/mol. The second-order valence-electron chi connectivity index (χ2n) is 9.03. The molecular weight excluding hydrogens is 529 g/mol. The number of anilines is 1. The fourth-order valence-electron chi connectivity index (χ4n) is 4.46. The standard InChI is InChI=1S/C29H27F3N2O4S/c1-5-38-27-9-7-6-8-23(27)20-10-15-26(25(17-20)29(30,31)32)34-18(2)16-24(19(34)3)28(35)33-21-11-13-22(14-12-21)39(4,36)37/h6-17H,5H2,1-4H3,(H,33,35). The molecule has 0 saturated heterocycles. The van der Waals surface area contributed by atoms with Gasteiger partial charge in [0.15, 0.2) is 9.84 Å². The van der Waals surface area contributed by atoms with Crippen LogP contribution in [0.5, 0.6) is 5.75 Å². The van der Waals surface area contributed by atoms with E-state index in [1.807, 2.05) is 0 Å². The number of halogens is 3. The fraction of sp³-hybridized carbons (Fsp3) is 0.207. The van der Waals surface area contributed by atoms with E-state index in [0.717, 1.165) is 12.3 Å². The zero-order valence-corrected chi connectivity index (χ0v) is 22.6. The van der Waals surface area contributed by atoms with Gasteiger partial charge < -0.3 is 14.6 Å². The lowest BCUT2D eigenvalue weighted by Crippen LogP contribution is -2.15. The van der Waals surface area contributed by atoms with Crippen molar-refractivity contribution in [3.63, 3.8) is 0 Å². The van der Waals surface area contributed by atoms with E-state index >= 15 is 0 Å². The van der Waals surface area contributed by atoms with Gasteiger partial charge in [0.05, 0.1) is 28.3 Å². The maximum Gasteiger partial charge on any atom is 0.418 e. The first-order chi connectivity index (χ1) is 18.3. The van der Waals surface area contributed by atoms with Crippen LogP contribution >= 0.6 is 0 Å². The van der Waals surface area contributed by atoms with Crippen LogP contribution in [-0.2, 0) is 16.0 Å². The van der Waals surface area contributed by atoms with Crippen LogP contribution in [0.3, 0.4) is 0 Å². The van der Waals surface area contributed by atoms with Crippen molar-refractivity contribution in [1.82, 2.24) is 4.57 Å². The number of aromatic nitrogens is 1. The van der Waals surface area contributed by atoms with Crippen LogP contribution < -0.4 is 10.1 Å². The highest BCUT2D eigenvalue weighted by molar-refractivity contribution is 7.90. The summed E-state index contributed by atoms with van der Waals surface area (Å²) in [5.41, 5.74) is 1.25. The van der Waals surface area contributed by atoms with Gasteiger partial charge in [-0.25, -0.2) is 8.42 Å². The Bertz CT molecular complexity index is 1640. The number of carbonyl (C=O) groups excluding carboxylic acids is 1. The molecule has 0 atom stereocenters. The average Bonchev–Trinajstić information content (AvgIpc) is 3.17. The van der Waals surface area contributed by atoms with Gasteiger partial charge in [-0.15, -0.1) is 0 Å². The molecule has 1 amide bonds. The molecule has 1 N–H and O–H groups in total. The zero-order chi connectivity index (χ0) is 28.5. The topological polar surface area (TPSA) is 77.4 Å². The van der Waals surface area contributed by atoms with Gasteiger partial charge in [-0.1, -0.05) is 24.3 Å². The first-order valence-corrected chi connectivity index (χ1v) is 13.9. The van der Waals surface area contributed by atoms with Gasteiger partial charge in [-0.2, -0.15) is 13.2 Å². The Morgan fingerprint density at radius 1 is 0.974 bits per heavy atom. The van der Waals surface area contributed by atoms with Gasteiger partial charge in [0.2, 0.25) is 0 Å². The summed E-state index contributed by atoms with van der Waals surface area (Å²) in [6.07, 6.45) is -3.59. The SMILES string of the molecule is CCOc1ccccc1-c1ccc(-n2c(C)cc(C(=O)Nc3ccc(S(C)(=O)=O)cc3)c2C)c(C(F)(F)F)c1. The smallest absolute Gasteiger partial charge is 0.418 e. The van der Waals surface area contributed by atoms with Gasteiger partial charge in [-0.3, -0.25) is 4.79 Å². The summed E-state index contributed by atoms with van der Waals surface area (Å²) >= 11 is 0. The van der Waals surface area contributed by atoms with Crippen LogP contribution in [0.2, 0.25) is 0 Å². The monoisotopic (exact) mass is 556 g/mol. The highest BCUT2D eigenvalue weighted by atomic mass is 32.2. The van der Waals surface area contributed by atoms with Crippen LogP contribution in [0.1, 0.15) is 34.2 Å². The molecule has 0 fully saturated rings. The third-order valence-electron chi connectivity index (χ3n) is 6.26. The molecule has 0 radical (unpaired) electrons. The maximum atomic E-state index is 14.3. The summed E-state index contributed by atoms with van der Waals surface area (Å²) in [5.74, 6) is -0.0463. The molecule has 1 aromatic heterocycles. The number of nitrogens with zero attached hydrogens (tertiary/aromatic N) is 1. The van der Waals surface area contributed by atoms with Crippen molar-refractivity contribution in [2.75, 3.05) is 18.2 Å². The number of carbonyl (C=O) groups is 1. The van der Waals surface area contributed by atoms with Crippen molar-refractivity contribution in [3.8, 4) is 22.6 Å². The van der Waals surface area contributed by atoms with Gasteiger partial charge in [0, 0.05) is 28.9 Å². The maximum absolute atomic E-state index is 14.3. The van der Waals surface area contributed by atoms with Crippen LogP contribution in [0, 0.1) is 13.8 Å². The van der Waals surface area contributed by atoms with E-state index in [1.165, 1.54) is 41.0 Å². The molecule has 0 bridgehead atoms. The van der Waals surface area contributed by atoms with Crippen molar-refractivity contribution in [2.24, 2.45) is 0 Å². The van der Waals surface area contributed by atoms with E-state index in [2.05, 4.69) is 5.32 Å². The minimum atomic E-state index is -4.67. The van der Waals surface area contributed by atoms with Crippen LogP contribution in [0.25, 0.3) is 16.8 Å². The largest absolute Gasteiger partial charge is 0.493 e. The molecule has 1 heterocycles. The average molecular weight is 557 g/mol. The highest BCUT2D eigenvalue weighted by Crippen LogP contribution is 2.40. The summed E-state index contributed by atoms with van der Waals surface area (Å²) in [6.45, 7) is 5.38. The number of nitrogens with one attached hydrogen (secondary N) is 1. The van der Waals surface area contributed by atoms with Gasteiger partial charge in [-0.05, 0) is 74.9 Å². The lowest BCUT2D eigenvalue weighted by atomic mass is 10.00. The molecular formula is C29H27F3N2O4S. The van der Waals surface area contributed by atoms with Crippen molar-refractivity contribution >= 4 is 21.4 Å².